The predicted octanol–water partition coefficient (Wildman–Crippen LogP) is 3.75. The summed E-state index contributed by atoms with van der Waals surface area (Å²) in [6.45, 7) is 10.2. The monoisotopic (exact) mass is 292 g/mol. The Balaban J connectivity index is 3.30. The van der Waals surface area contributed by atoms with E-state index in [9.17, 15) is 9.90 Å². The maximum absolute atomic E-state index is 11.9. The number of rotatable bonds is 5. The van der Waals surface area contributed by atoms with Gasteiger partial charge in [0.2, 0.25) is 0 Å². The molecule has 0 aliphatic carbocycles. The van der Waals surface area contributed by atoms with Crippen LogP contribution in [-0.4, -0.2) is 35.2 Å². The normalized spacial score (nSPS) is 16.1. The minimum Gasteiger partial charge on any atom is -0.465 e. The molecule has 21 heavy (non-hydrogen) atoms. The van der Waals surface area contributed by atoms with E-state index in [0.29, 0.717) is 0 Å². The summed E-state index contributed by atoms with van der Waals surface area (Å²) >= 11 is 0. The summed E-state index contributed by atoms with van der Waals surface area (Å²) in [6.07, 6.45) is -0.881. The first-order valence-electron chi connectivity index (χ1n) is 7.43. The third-order valence-corrected chi connectivity index (χ3v) is 4.05. The van der Waals surface area contributed by atoms with Gasteiger partial charge < -0.3 is 10.4 Å². The van der Waals surface area contributed by atoms with Crippen LogP contribution in [0.2, 0.25) is 0 Å². The molecule has 0 aliphatic rings. The van der Waals surface area contributed by atoms with E-state index >= 15 is 0 Å². The minimum atomic E-state index is -0.881. The van der Waals surface area contributed by atoms with Crippen molar-refractivity contribution in [3.63, 3.8) is 0 Å². The van der Waals surface area contributed by atoms with E-state index in [1.807, 2.05) is 51.2 Å². The maximum atomic E-state index is 11.9. The average Bonchev–Trinajstić information content (AvgIpc) is 2.42. The van der Waals surface area contributed by atoms with Crippen molar-refractivity contribution in [1.29, 1.82) is 0 Å². The zero-order valence-corrected chi connectivity index (χ0v) is 13.9. The lowest BCUT2D eigenvalue weighted by Gasteiger charge is -2.43. The summed E-state index contributed by atoms with van der Waals surface area (Å²) < 4.78 is 0. The van der Waals surface area contributed by atoms with E-state index in [0.717, 1.165) is 5.56 Å². The number of nitrogens with zero attached hydrogens (tertiary/aromatic N) is 1. The van der Waals surface area contributed by atoms with Crippen LogP contribution in [0.15, 0.2) is 30.3 Å². The van der Waals surface area contributed by atoms with E-state index in [1.54, 1.807) is 4.90 Å². The Morgan fingerprint density at radius 1 is 1.19 bits per heavy atom. The van der Waals surface area contributed by atoms with Gasteiger partial charge in [0.05, 0.1) is 6.04 Å². The molecule has 3 unspecified atom stereocenters. The molecule has 2 N–H and O–H groups in total. The second-order valence-electron chi connectivity index (χ2n) is 6.69. The maximum Gasteiger partial charge on any atom is 0.408 e. The summed E-state index contributed by atoms with van der Waals surface area (Å²) in [5, 5.41) is 12.9. The standard InChI is InChI=1S/C17H28N2O2/c1-12(18-6)13(2)19(16(20)21)15(17(3,4)5)14-10-8-7-9-11-14/h7-13,15,18H,1-6H3,(H,20,21). The van der Waals surface area contributed by atoms with Crippen molar-refractivity contribution in [1.82, 2.24) is 10.2 Å². The Hall–Kier alpha value is -1.55. The second kappa shape index (κ2) is 6.94. The van der Waals surface area contributed by atoms with E-state index in [4.69, 9.17) is 0 Å². The van der Waals surface area contributed by atoms with Gasteiger partial charge in [-0.05, 0) is 31.9 Å². The van der Waals surface area contributed by atoms with Gasteiger partial charge in [0.25, 0.3) is 0 Å². The van der Waals surface area contributed by atoms with Crippen LogP contribution < -0.4 is 5.32 Å². The molecule has 0 radical (unpaired) electrons. The van der Waals surface area contributed by atoms with Crippen LogP contribution in [0.25, 0.3) is 0 Å². The first-order chi connectivity index (χ1) is 9.70. The third-order valence-electron chi connectivity index (χ3n) is 4.05. The summed E-state index contributed by atoms with van der Waals surface area (Å²) in [5.74, 6) is 0. The Morgan fingerprint density at radius 2 is 1.71 bits per heavy atom. The topological polar surface area (TPSA) is 52.6 Å². The fraction of sp³-hybridized carbons (Fsp3) is 0.588. The second-order valence-corrected chi connectivity index (χ2v) is 6.69. The fourth-order valence-electron chi connectivity index (χ4n) is 2.72. The summed E-state index contributed by atoms with van der Waals surface area (Å²) in [4.78, 5) is 13.5. The molecule has 0 saturated carbocycles. The molecule has 4 nitrogen and oxygen atoms in total. The lowest BCUT2D eigenvalue weighted by molar-refractivity contribution is 0.0495. The zero-order chi connectivity index (χ0) is 16.2. The Labute approximate surface area is 128 Å². The van der Waals surface area contributed by atoms with Gasteiger partial charge in [-0.15, -0.1) is 0 Å². The van der Waals surface area contributed by atoms with Crippen molar-refractivity contribution < 1.29 is 9.90 Å². The van der Waals surface area contributed by atoms with Crippen molar-refractivity contribution in [3.05, 3.63) is 35.9 Å². The number of likely N-dealkylation sites (N-methyl/N-ethyl adjacent to an activating group) is 1. The summed E-state index contributed by atoms with van der Waals surface area (Å²) in [5.41, 5.74) is 0.837. The van der Waals surface area contributed by atoms with Crippen LogP contribution >= 0.6 is 0 Å². The number of carboxylic acid groups (broad SMARTS) is 1. The first-order valence-corrected chi connectivity index (χ1v) is 7.43. The quantitative estimate of drug-likeness (QED) is 0.869. The fourth-order valence-corrected chi connectivity index (χ4v) is 2.72. The number of carbonyl (C=O) groups is 1. The molecule has 0 heterocycles. The SMILES string of the molecule is CNC(C)C(C)N(C(=O)O)C(c1ccccc1)C(C)(C)C. The molecule has 118 valence electrons. The molecule has 4 heteroatoms. The molecule has 0 saturated heterocycles. The van der Waals surface area contributed by atoms with Crippen molar-refractivity contribution >= 4 is 6.09 Å². The average molecular weight is 292 g/mol. The van der Waals surface area contributed by atoms with Gasteiger partial charge >= 0.3 is 6.09 Å². The number of nitrogens with one attached hydrogen (secondary N) is 1. The van der Waals surface area contributed by atoms with Crippen LogP contribution in [0.3, 0.4) is 0 Å². The van der Waals surface area contributed by atoms with Crippen molar-refractivity contribution in [2.45, 2.75) is 52.7 Å². The van der Waals surface area contributed by atoms with Crippen molar-refractivity contribution in [2.24, 2.45) is 5.41 Å². The molecule has 1 rings (SSSR count). The van der Waals surface area contributed by atoms with Crippen LogP contribution in [0.1, 0.15) is 46.2 Å². The van der Waals surface area contributed by atoms with E-state index in [1.165, 1.54) is 0 Å². The van der Waals surface area contributed by atoms with Gasteiger partial charge in [0.1, 0.15) is 0 Å². The van der Waals surface area contributed by atoms with Crippen molar-refractivity contribution in [2.75, 3.05) is 7.05 Å². The van der Waals surface area contributed by atoms with E-state index < -0.39 is 6.09 Å². The number of hydrogen-bond acceptors (Lipinski definition) is 2. The highest BCUT2D eigenvalue weighted by Gasteiger charge is 2.38. The van der Waals surface area contributed by atoms with E-state index in [-0.39, 0.29) is 23.5 Å². The lowest BCUT2D eigenvalue weighted by Crippen LogP contribution is -2.52. The van der Waals surface area contributed by atoms with Gasteiger partial charge in [-0.3, -0.25) is 4.90 Å². The van der Waals surface area contributed by atoms with Gasteiger partial charge in [-0.25, -0.2) is 4.79 Å². The molecule has 0 fully saturated rings. The number of benzene rings is 1. The summed E-state index contributed by atoms with van der Waals surface area (Å²) in [7, 11) is 1.86. The minimum absolute atomic E-state index is 0.0784. The van der Waals surface area contributed by atoms with Gasteiger partial charge in [0, 0.05) is 12.1 Å². The Morgan fingerprint density at radius 3 is 2.10 bits per heavy atom. The van der Waals surface area contributed by atoms with Crippen LogP contribution in [0.4, 0.5) is 4.79 Å². The van der Waals surface area contributed by atoms with Gasteiger partial charge in [0.15, 0.2) is 0 Å². The molecule has 1 aromatic carbocycles. The molecule has 0 aliphatic heterocycles. The highest BCUT2D eigenvalue weighted by atomic mass is 16.4. The molecular formula is C17H28N2O2. The molecule has 1 aromatic rings. The molecule has 1 amide bonds. The lowest BCUT2D eigenvalue weighted by atomic mass is 9.80. The highest BCUT2D eigenvalue weighted by Crippen LogP contribution is 2.39. The smallest absolute Gasteiger partial charge is 0.408 e. The largest absolute Gasteiger partial charge is 0.465 e. The Bertz CT molecular complexity index is 454. The Kier molecular flexibility index (Phi) is 5.78. The van der Waals surface area contributed by atoms with Crippen molar-refractivity contribution in [3.8, 4) is 0 Å². The van der Waals surface area contributed by atoms with Gasteiger partial charge in [-0.2, -0.15) is 0 Å². The van der Waals surface area contributed by atoms with E-state index in [2.05, 4.69) is 26.1 Å². The summed E-state index contributed by atoms with van der Waals surface area (Å²) in [6, 6.07) is 9.63. The van der Waals surface area contributed by atoms with Gasteiger partial charge in [-0.1, -0.05) is 51.1 Å². The highest BCUT2D eigenvalue weighted by molar-refractivity contribution is 5.66. The zero-order valence-electron chi connectivity index (χ0n) is 13.9. The number of hydrogen-bond donors (Lipinski definition) is 2. The molecule has 0 aromatic heterocycles. The number of amides is 1. The molecule has 0 spiro atoms. The molecule has 3 atom stereocenters. The first kappa shape index (κ1) is 17.5. The van der Waals surface area contributed by atoms with Crippen LogP contribution in [0.5, 0.6) is 0 Å². The predicted molar refractivity (Wildman–Crippen MR) is 86.5 cm³/mol. The van der Waals surface area contributed by atoms with Crippen LogP contribution in [0, 0.1) is 5.41 Å². The van der Waals surface area contributed by atoms with Crippen LogP contribution in [-0.2, 0) is 0 Å². The molecule has 0 bridgehead atoms. The molecular weight excluding hydrogens is 264 g/mol. The third kappa shape index (κ3) is 4.21.